The van der Waals surface area contributed by atoms with Crippen molar-refractivity contribution in [3.05, 3.63) is 46.8 Å². The number of carbonyl (C=O) groups is 1. The quantitative estimate of drug-likeness (QED) is 0.756. The van der Waals surface area contributed by atoms with E-state index in [2.05, 4.69) is 10.4 Å². The number of halogens is 2. The van der Waals surface area contributed by atoms with E-state index in [-0.39, 0.29) is 24.4 Å². The van der Waals surface area contributed by atoms with Crippen molar-refractivity contribution in [3.8, 4) is 0 Å². The molecule has 0 unspecified atom stereocenters. The number of hydrogen-bond acceptors (Lipinski definition) is 4. The van der Waals surface area contributed by atoms with Crippen LogP contribution in [0.3, 0.4) is 0 Å². The third-order valence-electron chi connectivity index (χ3n) is 3.33. The Balaban J connectivity index is 2.34. The number of aliphatic hydroxyl groups is 1. The number of alkyl halides is 2. The maximum Gasteiger partial charge on any atom is 0.280 e. The number of hydrogen-bond donors (Lipinski definition) is 3. The molecular formula is C15H18F2N4O2. The number of amides is 1. The molecule has 0 atom stereocenters. The van der Waals surface area contributed by atoms with Crippen molar-refractivity contribution in [2.45, 2.75) is 26.4 Å². The minimum absolute atomic E-state index is 0.101. The molecule has 23 heavy (non-hydrogen) atoms. The highest BCUT2D eigenvalue weighted by Crippen LogP contribution is 2.26. The molecule has 0 saturated heterocycles. The minimum atomic E-state index is -2.88. The van der Waals surface area contributed by atoms with Gasteiger partial charge in [0.2, 0.25) is 0 Å². The number of aliphatic hydroxyl groups excluding tert-OH is 1. The van der Waals surface area contributed by atoms with E-state index in [9.17, 15) is 13.6 Å². The second-order valence-corrected chi connectivity index (χ2v) is 4.95. The number of benzene rings is 1. The van der Waals surface area contributed by atoms with Gasteiger partial charge in [-0.3, -0.25) is 9.48 Å². The molecule has 0 saturated carbocycles. The van der Waals surface area contributed by atoms with Crippen LogP contribution in [-0.4, -0.2) is 27.4 Å². The van der Waals surface area contributed by atoms with Crippen molar-refractivity contribution >= 4 is 11.6 Å². The highest BCUT2D eigenvalue weighted by molar-refractivity contribution is 6.06. The summed E-state index contributed by atoms with van der Waals surface area (Å²) in [6, 6.07) is 6.83. The maximum absolute atomic E-state index is 13.3. The van der Waals surface area contributed by atoms with Gasteiger partial charge in [-0.05, 0) is 24.6 Å². The van der Waals surface area contributed by atoms with Crippen LogP contribution < -0.4 is 11.1 Å². The minimum Gasteiger partial charge on any atom is -0.394 e. The smallest absolute Gasteiger partial charge is 0.280 e. The van der Waals surface area contributed by atoms with Crippen LogP contribution in [0.15, 0.2) is 24.3 Å². The fraction of sp³-hybridized carbons (Fsp3) is 0.333. The average molecular weight is 324 g/mol. The number of nitrogens with zero attached hydrogens (tertiary/aromatic N) is 2. The van der Waals surface area contributed by atoms with Crippen molar-refractivity contribution in [1.82, 2.24) is 9.78 Å². The lowest BCUT2D eigenvalue weighted by molar-refractivity contribution is 0.100. The van der Waals surface area contributed by atoms with Crippen LogP contribution in [0, 0.1) is 6.92 Å². The molecule has 0 aliphatic rings. The summed E-state index contributed by atoms with van der Waals surface area (Å²) in [6.07, 6.45) is -2.88. The van der Waals surface area contributed by atoms with Crippen molar-refractivity contribution in [1.29, 1.82) is 0 Å². The van der Waals surface area contributed by atoms with Crippen molar-refractivity contribution in [3.63, 3.8) is 0 Å². The molecule has 1 aromatic heterocycles. The predicted molar refractivity (Wildman–Crippen MR) is 81.3 cm³/mol. The molecule has 0 spiro atoms. The lowest BCUT2D eigenvalue weighted by atomic mass is 10.1. The Labute approximate surface area is 131 Å². The average Bonchev–Trinajstić information content (AvgIpc) is 2.84. The van der Waals surface area contributed by atoms with E-state index >= 15 is 0 Å². The van der Waals surface area contributed by atoms with E-state index in [1.165, 1.54) is 6.92 Å². The molecular weight excluding hydrogens is 306 g/mol. The van der Waals surface area contributed by atoms with E-state index in [4.69, 9.17) is 10.8 Å². The van der Waals surface area contributed by atoms with Crippen molar-refractivity contribution in [2.75, 3.05) is 11.9 Å². The van der Waals surface area contributed by atoms with E-state index < -0.39 is 18.0 Å². The molecule has 0 aliphatic heterocycles. The Morgan fingerprint density at radius 2 is 2.22 bits per heavy atom. The lowest BCUT2D eigenvalue weighted by Crippen LogP contribution is -2.17. The first-order valence-corrected chi connectivity index (χ1v) is 7.04. The zero-order valence-corrected chi connectivity index (χ0v) is 12.6. The zero-order valence-electron chi connectivity index (χ0n) is 12.6. The number of anilines is 1. The number of aryl methyl sites for hydroxylation is 1. The monoisotopic (exact) mass is 324 g/mol. The standard InChI is InChI=1S/C15H18F2N4O2/c1-9-12(13(14(16)17)21(20-9)5-6-22)15(23)19-11-4-2-3-10(7-11)8-18/h2-4,7,14,22H,5-6,8,18H2,1H3,(H,19,23). The number of aromatic nitrogens is 2. The molecule has 124 valence electrons. The molecule has 0 radical (unpaired) electrons. The molecule has 0 aliphatic carbocycles. The van der Waals surface area contributed by atoms with Gasteiger partial charge in [-0.1, -0.05) is 12.1 Å². The first-order chi connectivity index (χ1) is 11.0. The molecule has 1 amide bonds. The lowest BCUT2D eigenvalue weighted by Gasteiger charge is -2.09. The highest BCUT2D eigenvalue weighted by Gasteiger charge is 2.27. The third kappa shape index (κ3) is 3.72. The number of nitrogens with one attached hydrogen (secondary N) is 1. The van der Waals surface area contributed by atoms with Crippen LogP contribution >= 0.6 is 0 Å². The highest BCUT2D eigenvalue weighted by atomic mass is 19.3. The third-order valence-corrected chi connectivity index (χ3v) is 3.33. The Hall–Kier alpha value is -2.32. The second kappa shape index (κ2) is 7.30. The SMILES string of the molecule is Cc1nn(CCO)c(C(F)F)c1C(=O)Nc1cccc(CN)c1. The summed E-state index contributed by atoms with van der Waals surface area (Å²) >= 11 is 0. The van der Waals surface area contributed by atoms with E-state index in [1.807, 2.05) is 0 Å². The van der Waals surface area contributed by atoms with Crippen LogP contribution in [0.1, 0.15) is 33.7 Å². The van der Waals surface area contributed by atoms with Crippen molar-refractivity contribution < 1.29 is 18.7 Å². The predicted octanol–water partition coefficient (Wildman–Crippen LogP) is 1.83. The summed E-state index contributed by atoms with van der Waals surface area (Å²) in [6.45, 7) is 1.33. The maximum atomic E-state index is 13.3. The first kappa shape index (κ1) is 17.0. The summed E-state index contributed by atoms with van der Waals surface area (Å²) in [4.78, 5) is 12.4. The van der Waals surface area contributed by atoms with Crippen molar-refractivity contribution in [2.24, 2.45) is 5.73 Å². The number of nitrogens with two attached hydrogens (primary N) is 1. The topological polar surface area (TPSA) is 93.2 Å². The normalized spacial score (nSPS) is 11.0. The van der Waals surface area contributed by atoms with Crippen LogP contribution in [-0.2, 0) is 13.1 Å². The largest absolute Gasteiger partial charge is 0.394 e. The molecule has 6 nitrogen and oxygen atoms in total. The van der Waals surface area contributed by atoms with Gasteiger partial charge in [-0.25, -0.2) is 8.78 Å². The van der Waals surface area contributed by atoms with Gasteiger partial charge < -0.3 is 16.2 Å². The Morgan fingerprint density at radius 1 is 1.48 bits per heavy atom. The van der Waals surface area contributed by atoms with Crippen LogP contribution in [0.5, 0.6) is 0 Å². The van der Waals surface area contributed by atoms with Gasteiger partial charge >= 0.3 is 0 Å². The van der Waals surface area contributed by atoms with Gasteiger partial charge in [-0.15, -0.1) is 0 Å². The summed E-state index contributed by atoms with van der Waals surface area (Å²) in [5.41, 5.74) is 6.32. The molecule has 0 bridgehead atoms. The van der Waals surface area contributed by atoms with Gasteiger partial charge in [-0.2, -0.15) is 5.10 Å². The molecule has 2 aromatic rings. The van der Waals surface area contributed by atoms with Crippen LogP contribution in [0.25, 0.3) is 0 Å². The zero-order chi connectivity index (χ0) is 17.0. The fourth-order valence-corrected chi connectivity index (χ4v) is 2.34. The molecule has 1 heterocycles. The molecule has 1 aromatic carbocycles. The summed E-state index contributed by atoms with van der Waals surface area (Å²) < 4.78 is 27.6. The van der Waals surface area contributed by atoms with E-state index in [1.54, 1.807) is 24.3 Å². The fourth-order valence-electron chi connectivity index (χ4n) is 2.34. The Bertz CT molecular complexity index is 701. The molecule has 8 heteroatoms. The van der Waals surface area contributed by atoms with Crippen LogP contribution in [0.2, 0.25) is 0 Å². The second-order valence-electron chi connectivity index (χ2n) is 4.95. The summed E-state index contributed by atoms with van der Waals surface area (Å²) in [7, 11) is 0. The molecule has 4 N–H and O–H groups in total. The van der Waals surface area contributed by atoms with E-state index in [0.717, 1.165) is 10.2 Å². The summed E-state index contributed by atoms with van der Waals surface area (Å²) in [5, 5.41) is 15.4. The van der Waals surface area contributed by atoms with Crippen LogP contribution in [0.4, 0.5) is 14.5 Å². The Morgan fingerprint density at radius 3 is 2.83 bits per heavy atom. The van der Waals surface area contributed by atoms with Gasteiger partial charge in [0.25, 0.3) is 12.3 Å². The number of rotatable bonds is 6. The Kier molecular flexibility index (Phi) is 5.41. The van der Waals surface area contributed by atoms with Gasteiger partial charge in [0, 0.05) is 12.2 Å². The summed E-state index contributed by atoms with van der Waals surface area (Å²) in [5.74, 6) is -0.670. The van der Waals surface area contributed by atoms with Gasteiger partial charge in [0.1, 0.15) is 5.69 Å². The van der Waals surface area contributed by atoms with Gasteiger partial charge in [0.15, 0.2) is 0 Å². The molecule has 0 fully saturated rings. The molecule has 2 rings (SSSR count). The van der Waals surface area contributed by atoms with E-state index in [0.29, 0.717) is 12.2 Å². The first-order valence-electron chi connectivity index (χ1n) is 7.04. The van der Waals surface area contributed by atoms with Gasteiger partial charge in [0.05, 0.1) is 24.4 Å². The number of carbonyl (C=O) groups excluding carboxylic acids is 1.